The van der Waals surface area contributed by atoms with Crippen molar-refractivity contribution in [3.8, 4) is 0 Å². The molecule has 0 aromatic heterocycles. The molecule has 3 unspecified atom stereocenters. The summed E-state index contributed by atoms with van der Waals surface area (Å²) >= 11 is 12.2. The fraction of sp³-hybridized carbons (Fsp3) is 0.400. The number of aliphatic hydroxyl groups is 1. The molecule has 4 atom stereocenters. The van der Waals surface area contributed by atoms with Crippen molar-refractivity contribution in [3.63, 3.8) is 0 Å². The zero-order valence-corrected chi connectivity index (χ0v) is 19.3. The van der Waals surface area contributed by atoms with Crippen LogP contribution >= 0.6 is 23.2 Å². The van der Waals surface area contributed by atoms with E-state index in [0.717, 1.165) is 18.4 Å². The average molecular weight is 478 g/mol. The lowest BCUT2D eigenvalue weighted by Crippen LogP contribution is -2.61. The highest BCUT2D eigenvalue weighted by molar-refractivity contribution is 6.31. The zero-order valence-electron chi connectivity index (χ0n) is 17.8. The van der Waals surface area contributed by atoms with E-state index in [1.807, 2.05) is 12.1 Å². The van der Waals surface area contributed by atoms with Gasteiger partial charge in [-0.15, -0.1) is 6.58 Å². The van der Waals surface area contributed by atoms with Crippen molar-refractivity contribution in [2.75, 3.05) is 6.61 Å². The molecule has 1 aliphatic heterocycles. The highest BCUT2D eigenvalue weighted by Gasteiger charge is 2.54. The molecule has 1 heterocycles. The van der Waals surface area contributed by atoms with E-state index >= 15 is 0 Å². The van der Waals surface area contributed by atoms with Gasteiger partial charge in [0.05, 0.1) is 23.7 Å². The Kier molecular flexibility index (Phi) is 6.64. The van der Waals surface area contributed by atoms with Crippen molar-refractivity contribution in [2.45, 2.75) is 50.0 Å². The molecule has 170 valence electrons. The predicted octanol–water partition coefficient (Wildman–Crippen LogP) is 5.88. The van der Waals surface area contributed by atoms with Gasteiger partial charge in [0, 0.05) is 11.4 Å². The molecule has 2 aromatic carbocycles. The Balaban J connectivity index is 1.91. The first-order valence-electron chi connectivity index (χ1n) is 10.7. The number of morpholine rings is 1. The highest BCUT2D eigenvalue weighted by atomic mass is 35.5. The number of benzene rings is 2. The van der Waals surface area contributed by atoms with E-state index in [4.69, 9.17) is 27.9 Å². The second-order valence-electron chi connectivity index (χ2n) is 8.74. The Morgan fingerprint density at radius 2 is 2.03 bits per heavy atom. The molecule has 2 aliphatic rings. The average Bonchev–Trinajstić information content (AvgIpc) is 3.59. The van der Waals surface area contributed by atoms with Gasteiger partial charge in [-0.05, 0) is 61.1 Å². The van der Waals surface area contributed by atoms with Crippen LogP contribution in [0.25, 0.3) is 0 Å². The second-order valence-corrected chi connectivity index (χ2v) is 9.58. The Labute approximate surface area is 197 Å². The summed E-state index contributed by atoms with van der Waals surface area (Å²) in [7, 11) is 0. The molecule has 0 bridgehead atoms. The number of halogens is 3. The van der Waals surface area contributed by atoms with E-state index in [0.29, 0.717) is 17.0 Å². The Morgan fingerprint density at radius 3 is 2.62 bits per heavy atom. The Hall–Kier alpha value is -1.92. The molecule has 4 rings (SSSR count). The van der Waals surface area contributed by atoms with Gasteiger partial charge in [0.1, 0.15) is 17.5 Å². The van der Waals surface area contributed by atoms with Crippen molar-refractivity contribution in [2.24, 2.45) is 5.92 Å². The minimum absolute atomic E-state index is 0.0000525. The number of hydrogen-bond donors (Lipinski definition) is 1. The summed E-state index contributed by atoms with van der Waals surface area (Å²) in [6, 6.07) is 10.7. The van der Waals surface area contributed by atoms with E-state index in [1.54, 1.807) is 36.1 Å². The minimum atomic E-state index is -1.18. The first-order valence-corrected chi connectivity index (χ1v) is 11.5. The van der Waals surface area contributed by atoms with Crippen molar-refractivity contribution in [1.82, 2.24) is 4.90 Å². The van der Waals surface area contributed by atoms with Crippen molar-refractivity contribution < 1.29 is 19.0 Å². The molecule has 0 spiro atoms. The molecule has 0 radical (unpaired) electrons. The quantitative estimate of drug-likeness (QED) is 0.506. The lowest BCUT2D eigenvalue weighted by Gasteiger charge is -2.51. The number of aliphatic hydroxyl groups excluding tert-OH is 1. The van der Waals surface area contributed by atoms with E-state index in [2.05, 4.69) is 6.58 Å². The van der Waals surface area contributed by atoms with Crippen LogP contribution in [0.2, 0.25) is 10.0 Å². The third-order valence-corrected chi connectivity index (χ3v) is 6.91. The van der Waals surface area contributed by atoms with Gasteiger partial charge in [0.15, 0.2) is 0 Å². The normalized spacial score (nSPS) is 26.8. The standard InChI is InChI=1S/C25H26Cl2FNO3/c1-3-11-25(2)24(31)29(21(14-30)15-7-8-15)22(16-9-10-19(27)20(28)13-16)23(32-25)17-5-4-6-18(26)12-17/h3-6,9-10,12-13,15,21-23,30H,1,7-8,11,14H2,2H3/t21?,22?,23?,25-/m0/s1. The summed E-state index contributed by atoms with van der Waals surface area (Å²) in [6.07, 6.45) is 3.17. The van der Waals surface area contributed by atoms with Crippen LogP contribution in [-0.4, -0.2) is 34.2 Å². The van der Waals surface area contributed by atoms with Gasteiger partial charge >= 0.3 is 0 Å². The van der Waals surface area contributed by atoms with Crippen LogP contribution in [0.4, 0.5) is 4.39 Å². The molecule has 1 aliphatic carbocycles. The fourth-order valence-corrected chi connectivity index (χ4v) is 4.94. The summed E-state index contributed by atoms with van der Waals surface area (Å²) in [6.45, 7) is 5.35. The lowest BCUT2D eigenvalue weighted by molar-refractivity contribution is -0.204. The van der Waals surface area contributed by atoms with Crippen LogP contribution in [-0.2, 0) is 9.53 Å². The van der Waals surface area contributed by atoms with Crippen LogP contribution in [0.5, 0.6) is 0 Å². The number of nitrogens with zero attached hydrogens (tertiary/aromatic N) is 1. The number of carbonyl (C=O) groups excluding carboxylic acids is 1. The van der Waals surface area contributed by atoms with Crippen molar-refractivity contribution in [3.05, 3.63) is 82.1 Å². The molecule has 1 N–H and O–H groups in total. The summed E-state index contributed by atoms with van der Waals surface area (Å²) in [4.78, 5) is 15.6. The van der Waals surface area contributed by atoms with Crippen LogP contribution in [0.1, 0.15) is 49.5 Å². The second kappa shape index (κ2) is 9.14. The highest BCUT2D eigenvalue weighted by Crippen LogP contribution is 2.50. The SMILES string of the molecule is C=CC[C@]1(C)OC(c2cccc(Cl)c2)C(c2ccc(Cl)c(F)c2)N(C(CO)C2CC2)C1=O. The third-order valence-electron chi connectivity index (χ3n) is 6.37. The first-order chi connectivity index (χ1) is 15.3. The summed E-state index contributed by atoms with van der Waals surface area (Å²) in [5.74, 6) is -0.635. The number of rotatable bonds is 7. The largest absolute Gasteiger partial charge is 0.394 e. The van der Waals surface area contributed by atoms with Crippen LogP contribution in [0.3, 0.4) is 0 Å². The summed E-state index contributed by atoms with van der Waals surface area (Å²) < 4.78 is 21.0. The fourth-order valence-electron chi connectivity index (χ4n) is 4.62. The molecule has 1 saturated carbocycles. The van der Waals surface area contributed by atoms with Crippen molar-refractivity contribution in [1.29, 1.82) is 0 Å². The summed E-state index contributed by atoms with van der Waals surface area (Å²) in [5.41, 5.74) is 0.126. The van der Waals surface area contributed by atoms with Gasteiger partial charge in [0.2, 0.25) is 0 Å². The maximum Gasteiger partial charge on any atom is 0.255 e. The van der Waals surface area contributed by atoms with Crippen LogP contribution in [0, 0.1) is 11.7 Å². The number of hydrogen-bond acceptors (Lipinski definition) is 3. The van der Waals surface area contributed by atoms with E-state index in [9.17, 15) is 14.3 Å². The van der Waals surface area contributed by atoms with Crippen LogP contribution in [0.15, 0.2) is 55.1 Å². The topological polar surface area (TPSA) is 49.8 Å². The van der Waals surface area contributed by atoms with Gasteiger partial charge in [0.25, 0.3) is 5.91 Å². The number of ether oxygens (including phenoxy) is 1. The predicted molar refractivity (Wildman–Crippen MR) is 123 cm³/mol. The number of amides is 1. The number of carbonyl (C=O) groups is 1. The van der Waals surface area contributed by atoms with E-state index in [-0.39, 0.29) is 23.5 Å². The molecule has 2 fully saturated rings. The lowest BCUT2D eigenvalue weighted by atomic mass is 9.85. The van der Waals surface area contributed by atoms with Gasteiger partial charge < -0.3 is 14.7 Å². The summed E-state index contributed by atoms with van der Waals surface area (Å²) in [5, 5.41) is 10.8. The van der Waals surface area contributed by atoms with Gasteiger partial charge in [-0.3, -0.25) is 4.79 Å². The van der Waals surface area contributed by atoms with E-state index in [1.165, 1.54) is 12.1 Å². The van der Waals surface area contributed by atoms with Gasteiger partial charge in [-0.2, -0.15) is 0 Å². The van der Waals surface area contributed by atoms with E-state index < -0.39 is 29.6 Å². The Bertz CT molecular complexity index is 1030. The smallest absolute Gasteiger partial charge is 0.255 e. The maximum absolute atomic E-state index is 14.5. The molecular formula is C25H26Cl2FNO3. The molecule has 7 heteroatoms. The molecule has 2 aromatic rings. The van der Waals surface area contributed by atoms with Gasteiger partial charge in [-0.1, -0.05) is 47.5 Å². The maximum atomic E-state index is 14.5. The Morgan fingerprint density at radius 1 is 1.28 bits per heavy atom. The molecule has 1 amide bonds. The molecular weight excluding hydrogens is 452 g/mol. The molecule has 4 nitrogen and oxygen atoms in total. The van der Waals surface area contributed by atoms with Crippen LogP contribution < -0.4 is 0 Å². The monoisotopic (exact) mass is 477 g/mol. The first kappa shape index (κ1) is 23.2. The third kappa shape index (κ3) is 4.32. The molecule has 32 heavy (non-hydrogen) atoms. The zero-order chi connectivity index (χ0) is 23.0. The van der Waals surface area contributed by atoms with Gasteiger partial charge in [-0.25, -0.2) is 4.39 Å². The molecule has 1 saturated heterocycles. The van der Waals surface area contributed by atoms with Crippen molar-refractivity contribution >= 4 is 29.1 Å². The minimum Gasteiger partial charge on any atom is -0.394 e.